The van der Waals surface area contributed by atoms with Crippen LogP contribution in [0.15, 0.2) is 53.2 Å². The summed E-state index contributed by atoms with van der Waals surface area (Å²) in [6.45, 7) is -1.79. The van der Waals surface area contributed by atoms with E-state index in [0.717, 1.165) is 0 Å². The number of benzene rings is 2. The smallest absolute Gasteiger partial charge is 0.387 e. The van der Waals surface area contributed by atoms with E-state index in [9.17, 15) is 18.4 Å². The summed E-state index contributed by atoms with van der Waals surface area (Å²) < 4.78 is 44.9. The van der Waals surface area contributed by atoms with Crippen molar-refractivity contribution < 1.29 is 37.3 Å². The van der Waals surface area contributed by atoms with E-state index in [2.05, 4.69) is 9.73 Å². The number of methoxy groups -OCH3 is 1. The maximum absolute atomic E-state index is 12.6. The lowest BCUT2D eigenvalue weighted by Gasteiger charge is -2.08. The second-order valence-corrected chi connectivity index (χ2v) is 5.71. The summed E-state index contributed by atoms with van der Waals surface area (Å²) in [4.78, 5) is 27.5. The molecular weight excluding hydrogens is 388 g/mol. The van der Waals surface area contributed by atoms with Gasteiger partial charge in [-0.3, -0.25) is 4.79 Å². The predicted molar refractivity (Wildman–Crippen MR) is 98.0 cm³/mol. The number of nitrogens with zero attached hydrogens (tertiary/aromatic N) is 1. The van der Waals surface area contributed by atoms with Gasteiger partial charge < -0.3 is 18.9 Å². The lowest BCUT2D eigenvalue weighted by molar-refractivity contribution is -0.132. The maximum Gasteiger partial charge on any atom is 0.387 e. The van der Waals surface area contributed by atoms with Gasteiger partial charge in [0, 0.05) is 6.92 Å². The van der Waals surface area contributed by atoms with Gasteiger partial charge in [0.1, 0.15) is 5.75 Å². The molecule has 0 unspecified atom stereocenters. The molecule has 2 aromatic rings. The fourth-order valence-electron chi connectivity index (χ4n) is 2.54. The number of carbonyl (C=O) groups excluding carboxylic acids is 2. The Balaban J connectivity index is 1.95. The Labute approximate surface area is 164 Å². The van der Waals surface area contributed by atoms with Crippen molar-refractivity contribution in [3.8, 4) is 17.2 Å². The van der Waals surface area contributed by atoms with Gasteiger partial charge in [-0.2, -0.15) is 8.78 Å². The first-order valence-corrected chi connectivity index (χ1v) is 8.30. The van der Waals surface area contributed by atoms with E-state index in [1.54, 1.807) is 18.2 Å². The van der Waals surface area contributed by atoms with Crippen molar-refractivity contribution in [1.82, 2.24) is 0 Å². The Morgan fingerprint density at radius 2 is 1.90 bits per heavy atom. The van der Waals surface area contributed by atoms with Crippen molar-refractivity contribution in [2.45, 2.75) is 13.5 Å². The average Bonchev–Trinajstić information content (AvgIpc) is 3.02. The average molecular weight is 403 g/mol. The number of halogens is 2. The van der Waals surface area contributed by atoms with Gasteiger partial charge in [-0.1, -0.05) is 18.2 Å². The van der Waals surface area contributed by atoms with Crippen molar-refractivity contribution in [2.75, 3.05) is 7.11 Å². The van der Waals surface area contributed by atoms with E-state index in [-0.39, 0.29) is 28.7 Å². The van der Waals surface area contributed by atoms with Crippen molar-refractivity contribution in [3.63, 3.8) is 0 Å². The third-order valence-corrected chi connectivity index (χ3v) is 3.70. The minimum absolute atomic E-state index is 0.0641. The van der Waals surface area contributed by atoms with Gasteiger partial charge in [0.05, 0.1) is 12.7 Å². The van der Waals surface area contributed by atoms with Gasteiger partial charge in [0.25, 0.3) is 0 Å². The van der Waals surface area contributed by atoms with Crippen LogP contribution in [0.4, 0.5) is 8.78 Å². The van der Waals surface area contributed by atoms with Gasteiger partial charge in [0.15, 0.2) is 17.2 Å². The molecule has 2 aromatic carbocycles. The lowest BCUT2D eigenvalue weighted by Crippen LogP contribution is -2.10. The van der Waals surface area contributed by atoms with E-state index in [1.165, 1.54) is 44.4 Å². The molecule has 9 heteroatoms. The summed E-state index contributed by atoms with van der Waals surface area (Å²) in [5, 5.41) is 0. The van der Waals surface area contributed by atoms with Gasteiger partial charge in [-0.25, -0.2) is 9.79 Å². The highest BCUT2D eigenvalue weighted by Gasteiger charge is 2.27. The molecule has 1 aliphatic heterocycles. The highest BCUT2D eigenvalue weighted by molar-refractivity contribution is 6.13. The summed E-state index contributed by atoms with van der Waals surface area (Å²) in [5.74, 6) is -1.14. The molecule has 0 saturated carbocycles. The summed E-state index contributed by atoms with van der Waals surface area (Å²) in [5.41, 5.74) is 0.529. The Hall–Kier alpha value is -3.75. The largest absolute Gasteiger partial charge is 0.493 e. The van der Waals surface area contributed by atoms with Crippen molar-refractivity contribution in [2.24, 2.45) is 4.99 Å². The Morgan fingerprint density at radius 1 is 1.14 bits per heavy atom. The topological polar surface area (TPSA) is 83.4 Å². The Bertz CT molecular complexity index is 1020. The predicted octanol–water partition coefficient (Wildman–Crippen LogP) is 3.57. The van der Waals surface area contributed by atoms with Crippen molar-refractivity contribution in [3.05, 3.63) is 59.3 Å². The number of aliphatic imine (C=N–C) groups is 1. The van der Waals surface area contributed by atoms with Crippen LogP contribution in [0, 0.1) is 0 Å². The summed E-state index contributed by atoms with van der Waals surface area (Å²) in [6, 6.07) is 10.5. The normalized spacial score (nSPS) is 14.6. The van der Waals surface area contributed by atoms with Crippen LogP contribution in [-0.2, 0) is 14.3 Å². The quantitative estimate of drug-likeness (QED) is 0.417. The summed E-state index contributed by atoms with van der Waals surface area (Å²) in [6.07, 6.45) is 1.40. The molecule has 1 aliphatic rings. The fraction of sp³-hybridized carbons (Fsp3) is 0.150. The third-order valence-electron chi connectivity index (χ3n) is 3.70. The molecule has 7 nitrogen and oxygen atoms in total. The van der Waals surface area contributed by atoms with Gasteiger partial charge in [0.2, 0.25) is 5.90 Å². The van der Waals surface area contributed by atoms with Crippen LogP contribution in [-0.4, -0.2) is 31.6 Å². The van der Waals surface area contributed by atoms with Crippen LogP contribution in [0.5, 0.6) is 17.2 Å². The molecule has 0 atom stereocenters. The molecule has 0 aromatic heterocycles. The number of cyclic esters (lactones) is 1. The maximum atomic E-state index is 12.6. The lowest BCUT2D eigenvalue weighted by atomic mass is 10.1. The first-order valence-electron chi connectivity index (χ1n) is 8.30. The van der Waals surface area contributed by atoms with Crippen LogP contribution in [0.2, 0.25) is 0 Å². The summed E-state index contributed by atoms with van der Waals surface area (Å²) >= 11 is 0. The van der Waals surface area contributed by atoms with Crippen molar-refractivity contribution in [1.29, 1.82) is 0 Å². The molecular formula is C20H15F2NO6. The minimum atomic E-state index is -3.04. The van der Waals surface area contributed by atoms with E-state index in [4.69, 9.17) is 14.2 Å². The molecule has 0 spiro atoms. The standard InChI is InChI=1S/C20H15F2NO6/c1-11(24)27-17-10-12(7-8-16(17)26-2)9-14-19(25)29-18(23-14)13-5-3-4-6-15(13)28-20(21)22/h3-10,20H,1-2H3/b14-9-. The van der Waals surface area contributed by atoms with Crippen LogP contribution in [0.3, 0.4) is 0 Å². The van der Waals surface area contributed by atoms with Gasteiger partial charge in [-0.05, 0) is 35.9 Å². The third kappa shape index (κ3) is 4.75. The first-order chi connectivity index (χ1) is 13.9. The van der Waals surface area contributed by atoms with Crippen LogP contribution >= 0.6 is 0 Å². The molecule has 0 N–H and O–H groups in total. The zero-order valence-electron chi connectivity index (χ0n) is 15.3. The number of esters is 2. The van der Waals surface area contributed by atoms with E-state index in [1.807, 2.05) is 0 Å². The highest BCUT2D eigenvalue weighted by Crippen LogP contribution is 2.30. The zero-order chi connectivity index (χ0) is 21.0. The Morgan fingerprint density at radius 3 is 2.59 bits per heavy atom. The molecule has 0 amide bonds. The van der Waals surface area contributed by atoms with Crippen LogP contribution < -0.4 is 14.2 Å². The number of hydrogen-bond acceptors (Lipinski definition) is 7. The number of para-hydroxylation sites is 1. The molecule has 0 radical (unpaired) electrons. The fourth-order valence-corrected chi connectivity index (χ4v) is 2.54. The first kappa shape index (κ1) is 20.0. The monoisotopic (exact) mass is 403 g/mol. The van der Waals surface area contributed by atoms with Crippen molar-refractivity contribution >= 4 is 23.9 Å². The number of alkyl halides is 2. The number of carbonyl (C=O) groups is 2. The Kier molecular flexibility index (Phi) is 5.87. The van der Waals surface area contributed by atoms with E-state index in [0.29, 0.717) is 11.3 Å². The molecule has 0 fully saturated rings. The summed E-state index contributed by atoms with van der Waals surface area (Å²) in [7, 11) is 1.42. The van der Waals surface area contributed by atoms with E-state index >= 15 is 0 Å². The molecule has 29 heavy (non-hydrogen) atoms. The van der Waals surface area contributed by atoms with E-state index < -0.39 is 18.6 Å². The van der Waals surface area contributed by atoms with Crippen LogP contribution in [0.25, 0.3) is 6.08 Å². The molecule has 150 valence electrons. The molecule has 0 saturated heterocycles. The second-order valence-electron chi connectivity index (χ2n) is 5.71. The number of ether oxygens (including phenoxy) is 4. The van der Waals surface area contributed by atoms with Gasteiger partial charge >= 0.3 is 18.6 Å². The number of hydrogen-bond donors (Lipinski definition) is 0. The molecule has 0 bridgehead atoms. The number of rotatable bonds is 6. The minimum Gasteiger partial charge on any atom is -0.493 e. The highest BCUT2D eigenvalue weighted by atomic mass is 19.3. The van der Waals surface area contributed by atoms with Crippen LogP contribution in [0.1, 0.15) is 18.1 Å². The zero-order valence-corrected chi connectivity index (χ0v) is 15.3. The molecule has 3 rings (SSSR count). The second kappa shape index (κ2) is 8.51. The SMILES string of the molecule is COc1ccc(/C=C2\N=C(c3ccccc3OC(F)F)OC2=O)cc1OC(C)=O. The molecule has 0 aliphatic carbocycles. The molecule has 1 heterocycles. The van der Waals surface area contributed by atoms with Gasteiger partial charge in [-0.15, -0.1) is 0 Å².